The number of hydrogen-bond donors (Lipinski definition) is 1. The van der Waals surface area contributed by atoms with E-state index in [0.29, 0.717) is 25.8 Å². The first-order valence-electron chi connectivity index (χ1n) is 6.03. The molecule has 104 valence electrons. The van der Waals surface area contributed by atoms with Gasteiger partial charge in [0.25, 0.3) is 5.88 Å². The topological polar surface area (TPSA) is 99.4 Å². The number of nitrogens with one attached hydrogen (secondary N) is 1. The number of hydrogen-bond acceptors (Lipinski definition) is 7. The maximum absolute atomic E-state index is 11.0. The average Bonchev–Trinajstić information content (AvgIpc) is 2.88. The third-order valence-corrected chi connectivity index (χ3v) is 2.91. The van der Waals surface area contributed by atoms with Crippen LogP contribution in [0.1, 0.15) is 12.1 Å². The van der Waals surface area contributed by atoms with Crippen molar-refractivity contribution in [3.05, 3.63) is 15.8 Å². The summed E-state index contributed by atoms with van der Waals surface area (Å²) in [5.41, 5.74) is 0.0972. The summed E-state index contributed by atoms with van der Waals surface area (Å²) in [7, 11) is 1.65. The molecule has 1 aromatic rings. The summed E-state index contributed by atoms with van der Waals surface area (Å²) in [6.45, 7) is 3.25. The highest BCUT2D eigenvalue weighted by Gasteiger charge is 2.25. The molecule has 1 fully saturated rings. The number of nitro groups is 1. The lowest BCUT2D eigenvalue weighted by Crippen LogP contribution is -2.14. The van der Waals surface area contributed by atoms with Crippen molar-refractivity contribution in [1.29, 1.82) is 0 Å². The largest absolute Gasteiger partial charge is 0.472 e. The lowest BCUT2D eigenvalue weighted by molar-refractivity contribution is -0.387. The van der Waals surface area contributed by atoms with E-state index in [0.717, 1.165) is 6.42 Å². The Kier molecular flexibility index (Phi) is 4.10. The molecule has 0 aromatic carbocycles. The van der Waals surface area contributed by atoms with Crippen molar-refractivity contribution >= 4 is 11.6 Å². The standard InChI is InChI=1S/C11H16N4O4/c1-7-9(15(16)17)10(14-11(12-2)13-7)19-6-8-3-4-18-5-8/h8H,3-6H2,1-2H3,(H,12,13,14). The molecule has 2 heterocycles. The summed E-state index contributed by atoms with van der Waals surface area (Å²) in [6.07, 6.45) is 0.900. The molecule has 1 aliphatic heterocycles. The first-order valence-corrected chi connectivity index (χ1v) is 6.03. The first-order chi connectivity index (χ1) is 9.11. The molecule has 8 nitrogen and oxygen atoms in total. The van der Waals surface area contributed by atoms with Gasteiger partial charge in [-0.15, -0.1) is 0 Å². The Morgan fingerprint density at radius 3 is 2.95 bits per heavy atom. The Bertz CT molecular complexity index is 474. The van der Waals surface area contributed by atoms with E-state index in [4.69, 9.17) is 9.47 Å². The Morgan fingerprint density at radius 2 is 2.37 bits per heavy atom. The molecular formula is C11H16N4O4. The van der Waals surface area contributed by atoms with Gasteiger partial charge in [0.2, 0.25) is 5.95 Å². The summed E-state index contributed by atoms with van der Waals surface area (Å²) < 4.78 is 10.7. The van der Waals surface area contributed by atoms with Gasteiger partial charge in [0.1, 0.15) is 5.69 Å². The second-order valence-electron chi connectivity index (χ2n) is 4.33. The number of nitrogens with zero attached hydrogens (tertiary/aromatic N) is 3. The van der Waals surface area contributed by atoms with Crippen molar-refractivity contribution in [1.82, 2.24) is 9.97 Å². The maximum atomic E-state index is 11.0. The molecule has 1 aliphatic rings. The molecule has 1 unspecified atom stereocenters. The summed E-state index contributed by atoms with van der Waals surface area (Å²) in [5.74, 6) is 0.572. The van der Waals surface area contributed by atoms with E-state index >= 15 is 0 Å². The molecule has 1 atom stereocenters. The molecule has 2 rings (SSSR count). The van der Waals surface area contributed by atoms with Gasteiger partial charge in [-0.2, -0.15) is 4.98 Å². The van der Waals surface area contributed by atoms with Gasteiger partial charge in [-0.25, -0.2) is 4.98 Å². The van der Waals surface area contributed by atoms with Gasteiger partial charge in [0.05, 0.1) is 18.1 Å². The van der Waals surface area contributed by atoms with E-state index in [9.17, 15) is 10.1 Å². The number of ether oxygens (including phenoxy) is 2. The van der Waals surface area contributed by atoms with Crippen molar-refractivity contribution in [3.63, 3.8) is 0 Å². The van der Waals surface area contributed by atoms with Crippen LogP contribution in [0.4, 0.5) is 11.6 Å². The fraction of sp³-hybridized carbons (Fsp3) is 0.636. The van der Waals surface area contributed by atoms with Crippen molar-refractivity contribution in [2.24, 2.45) is 5.92 Å². The Balaban J connectivity index is 2.20. The first kappa shape index (κ1) is 13.5. The minimum atomic E-state index is -0.519. The molecular weight excluding hydrogens is 252 g/mol. The summed E-state index contributed by atoms with van der Waals surface area (Å²) in [6, 6.07) is 0. The van der Waals surface area contributed by atoms with Gasteiger partial charge in [0.15, 0.2) is 0 Å². The fourth-order valence-electron chi connectivity index (χ4n) is 1.87. The molecule has 19 heavy (non-hydrogen) atoms. The van der Waals surface area contributed by atoms with Crippen molar-refractivity contribution < 1.29 is 14.4 Å². The van der Waals surface area contributed by atoms with Crippen LogP contribution in [0.15, 0.2) is 0 Å². The molecule has 8 heteroatoms. The SMILES string of the molecule is CNc1nc(C)c([N+](=O)[O-])c(OCC2CCOC2)n1. The summed E-state index contributed by atoms with van der Waals surface area (Å²) >= 11 is 0. The minimum absolute atomic E-state index is 0.00810. The molecule has 1 aromatic heterocycles. The Labute approximate surface area is 110 Å². The molecule has 0 amide bonds. The van der Waals surface area contributed by atoms with E-state index < -0.39 is 4.92 Å². The van der Waals surface area contributed by atoms with Crippen LogP contribution in [0, 0.1) is 23.0 Å². The van der Waals surface area contributed by atoms with Crippen LogP contribution in [0.2, 0.25) is 0 Å². The minimum Gasteiger partial charge on any atom is -0.472 e. The quantitative estimate of drug-likeness (QED) is 0.631. The van der Waals surface area contributed by atoms with Crippen molar-refractivity contribution in [3.8, 4) is 5.88 Å². The predicted octanol–water partition coefficient (Wildman–Crippen LogP) is 1.15. The van der Waals surface area contributed by atoms with Crippen LogP contribution in [0.3, 0.4) is 0 Å². The van der Waals surface area contributed by atoms with E-state index in [1.807, 2.05) is 0 Å². The van der Waals surface area contributed by atoms with Crippen LogP contribution < -0.4 is 10.1 Å². The normalized spacial score (nSPS) is 18.3. The van der Waals surface area contributed by atoms with Gasteiger partial charge in [0, 0.05) is 19.6 Å². The monoisotopic (exact) mass is 268 g/mol. The number of aromatic nitrogens is 2. The summed E-state index contributed by atoms with van der Waals surface area (Å²) in [4.78, 5) is 18.5. The molecule has 1 N–H and O–H groups in total. The highest BCUT2D eigenvalue weighted by atomic mass is 16.6. The molecule has 0 bridgehead atoms. The highest BCUT2D eigenvalue weighted by Crippen LogP contribution is 2.29. The fourth-order valence-corrected chi connectivity index (χ4v) is 1.87. The number of rotatable bonds is 5. The van der Waals surface area contributed by atoms with E-state index in [1.165, 1.54) is 0 Å². The zero-order valence-corrected chi connectivity index (χ0v) is 10.9. The third-order valence-electron chi connectivity index (χ3n) is 2.91. The zero-order chi connectivity index (χ0) is 13.8. The smallest absolute Gasteiger partial charge is 0.352 e. The Hall–Kier alpha value is -1.96. The molecule has 0 aliphatic carbocycles. The highest BCUT2D eigenvalue weighted by molar-refractivity contribution is 5.48. The van der Waals surface area contributed by atoms with Gasteiger partial charge in [-0.1, -0.05) is 0 Å². The number of anilines is 1. The van der Waals surface area contributed by atoms with Crippen LogP contribution in [0.25, 0.3) is 0 Å². The van der Waals surface area contributed by atoms with E-state index in [2.05, 4.69) is 15.3 Å². The van der Waals surface area contributed by atoms with Crippen LogP contribution in [0.5, 0.6) is 5.88 Å². The van der Waals surface area contributed by atoms with Crippen LogP contribution in [-0.2, 0) is 4.74 Å². The lowest BCUT2D eigenvalue weighted by atomic mass is 10.1. The third kappa shape index (κ3) is 3.08. The summed E-state index contributed by atoms with van der Waals surface area (Å²) in [5, 5.41) is 13.8. The molecule has 0 radical (unpaired) electrons. The molecule has 0 saturated carbocycles. The van der Waals surface area contributed by atoms with Gasteiger partial charge in [-0.3, -0.25) is 10.1 Å². The van der Waals surface area contributed by atoms with Gasteiger partial charge < -0.3 is 14.8 Å². The Morgan fingerprint density at radius 1 is 1.58 bits per heavy atom. The van der Waals surface area contributed by atoms with Gasteiger partial charge >= 0.3 is 5.69 Å². The predicted molar refractivity (Wildman–Crippen MR) is 67.4 cm³/mol. The number of aryl methyl sites for hydroxylation is 1. The zero-order valence-electron chi connectivity index (χ0n) is 10.9. The molecule has 0 spiro atoms. The van der Waals surface area contributed by atoms with E-state index in [-0.39, 0.29) is 23.2 Å². The van der Waals surface area contributed by atoms with Crippen molar-refractivity contribution in [2.45, 2.75) is 13.3 Å². The second kappa shape index (κ2) is 5.79. The van der Waals surface area contributed by atoms with Crippen LogP contribution >= 0.6 is 0 Å². The second-order valence-corrected chi connectivity index (χ2v) is 4.33. The molecule has 1 saturated heterocycles. The average molecular weight is 268 g/mol. The van der Waals surface area contributed by atoms with E-state index in [1.54, 1.807) is 14.0 Å². The van der Waals surface area contributed by atoms with Crippen LogP contribution in [-0.4, -0.2) is 41.8 Å². The van der Waals surface area contributed by atoms with Crippen molar-refractivity contribution in [2.75, 3.05) is 32.2 Å². The van der Waals surface area contributed by atoms with Gasteiger partial charge in [-0.05, 0) is 13.3 Å². The maximum Gasteiger partial charge on any atom is 0.352 e. The lowest BCUT2D eigenvalue weighted by Gasteiger charge is -2.11.